The van der Waals surface area contributed by atoms with E-state index in [1.807, 2.05) is 36.4 Å². The van der Waals surface area contributed by atoms with Gasteiger partial charge in [-0.3, -0.25) is 9.59 Å². The summed E-state index contributed by atoms with van der Waals surface area (Å²) in [6, 6.07) is 12.5. The Morgan fingerprint density at radius 2 is 1.88 bits per heavy atom. The summed E-state index contributed by atoms with van der Waals surface area (Å²) in [5, 5.41) is 1.06. The fourth-order valence-electron chi connectivity index (χ4n) is 5.09. The molecular weight excluding hydrogens is 422 g/mol. The predicted octanol–water partition coefficient (Wildman–Crippen LogP) is 2.52. The van der Waals surface area contributed by atoms with Gasteiger partial charge in [0.2, 0.25) is 11.8 Å². The van der Waals surface area contributed by atoms with Gasteiger partial charge >= 0.3 is 0 Å². The van der Waals surface area contributed by atoms with Crippen molar-refractivity contribution >= 4 is 22.7 Å². The van der Waals surface area contributed by atoms with Gasteiger partial charge in [-0.1, -0.05) is 18.2 Å². The van der Waals surface area contributed by atoms with E-state index in [-0.39, 0.29) is 18.4 Å². The van der Waals surface area contributed by atoms with Crippen LogP contribution in [-0.4, -0.2) is 73.7 Å². The van der Waals surface area contributed by atoms with Crippen LogP contribution in [0.4, 0.5) is 0 Å². The van der Waals surface area contributed by atoms with Crippen molar-refractivity contribution in [3.63, 3.8) is 0 Å². The molecule has 0 spiro atoms. The van der Waals surface area contributed by atoms with Gasteiger partial charge in [0.05, 0.1) is 27.4 Å². The third kappa shape index (κ3) is 3.41. The molecular formula is C25H27N3O5. The van der Waals surface area contributed by atoms with Crippen LogP contribution < -0.4 is 9.47 Å². The number of hydrogen-bond acceptors (Lipinski definition) is 5. The Morgan fingerprint density at radius 1 is 1.06 bits per heavy atom. The highest BCUT2D eigenvalue weighted by Gasteiger charge is 2.48. The molecule has 2 aromatic carbocycles. The molecule has 0 radical (unpaired) electrons. The largest absolute Gasteiger partial charge is 0.497 e. The van der Waals surface area contributed by atoms with Crippen LogP contribution in [0.15, 0.2) is 42.5 Å². The van der Waals surface area contributed by atoms with Crippen LogP contribution in [0, 0.1) is 0 Å². The van der Waals surface area contributed by atoms with Gasteiger partial charge in [-0.05, 0) is 29.8 Å². The van der Waals surface area contributed by atoms with Gasteiger partial charge in [-0.15, -0.1) is 0 Å². The van der Waals surface area contributed by atoms with Crippen molar-refractivity contribution in [3.05, 3.63) is 59.3 Å². The molecule has 1 fully saturated rings. The van der Waals surface area contributed by atoms with E-state index in [4.69, 9.17) is 14.2 Å². The molecule has 2 amide bonds. The first-order valence-electron chi connectivity index (χ1n) is 11.0. The molecule has 0 saturated carbocycles. The number of carbonyl (C=O) groups excluding carboxylic acids is 2. The van der Waals surface area contributed by atoms with E-state index in [0.29, 0.717) is 31.1 Å². The number of para-hydroxylation sites is 1. The first kappa shape index (κ1) is 21.3. The van der Waals surface area contributed by atoms with Crippen molar-refractivity contribution in [1.82, 2.24) is 14.8 Å². The number of nitrogens with one attached hydrogen (secondary N) is 1. The number of hydrogen-bond donors (Lipinski definition) is 1. The second-order valence-electron chi connectivity index (χ2n) is 8.35. The average molecular weight is 450 g/mol. The number of aromatic amines is 1. The molecule has 1 saturated heterocycles. The molecule has 3 heterocycles. The van der Waals surface area contributed by atoms with Crippen LogP contribution in [0.2, 0.25) is 0 Å². The monoisotopic (exact) mass is 449 g/mol. The molecule has 1 aromatic heterocycles. The standard InChI is InChI=1S/C25H27N3O5/c1-31-11-10-27-14-22(29)28-20(25(27)30)13-17-16-6-4-5-7-19(16)26-23(17)24(28)18-12-15(32-2)8-9-21(18)33-3/h4-9,12,20,24,26H,10-11,13-14H2,1-3H3/t20-,24?/m0/s1. The Hall–Kier alpha value is -3.52. The van der Waals surface area contributed by atoms with Crippen LogP contribution >= 0.6 is 0 Å². The summed E-state index contributed by atoms with van der Waals surface area (Å²) in [5.74, 6) is 1.13. The number of piperazine rings is 1. The minimum Gasteiger partial charge on any atom is -0.497 e. The van der Waals surface area contributed by atoms with Crippen molar-refractivity contribution in [2.75, 3.05) is 41.0 Å². The highest BCUT2D eigenvalue weighted by Crippen LogP contribution is 2.45. The van der Waals surface area contributed by atoms with E-state index in [0.717, 1.165) is 27.7 Å². The SMILES string of the molecule is COCCN1CC(=O)N2C(c3cc(OC)ccc3OC)c3[nH]c4ccccc4c3C[C@H]2C1=O. The summed E-state index contributed by atoms with van der Waals surface area (Å²) in [6.07, 6.45) is 0.455. The van der Waals surface area contributed by atoms with Crippen molar-refractivity contribution in [3.8, 4) is 11.5 Å². The predicted molar refractivity (Wildman–Crippen MR) is 122 cm³/mol. The Balaban J connectivity index is 1.71. The molecule has 0 aliphatic carbocycles. The Morgan fingerprint density at radius 3 is 2.64 bits per heavy atom. The van der Waals surface area contributed by atoms with E-state index < -0.39 is 12.1 Å². The van der Waals surface area contributed by atoms with Crippen LogP contribution in [0.25, 0.3) is 10.9 Å². The lowest BCUT2D eigenvalue weighted by Gasteiger charge is -2.47. The fraction of sp³-hybridized carbons (Fsp3) is 0.360. The summed E-state index contributed by atoms with van der Waals surface area (Å²) in [7, 11) is 4.80. The third-order valence-electron chi connectivity index (χ3n) is 6.64. The Labute approximate surface area is 192 Å². The van der Waals surface area contributed by atoms with Crippen LogP contribution in [-0.2, 0) is 20.7 Å². The number of amides is 2. The summed E-state index contributed by atoms with van der Waals surface area (Å²) in [6.45, 7) is 0.799. The van der Waals surface area contributed by atoms with Gasteiger partial charge in [-0.25, -0.2) is 0 Å². The highest BCUT2D eigenvalue weighted by molar-refractivity contribution is 5.97. The normalized spacial score (nSPS) is 20.1. The maximum Gasteiger partial charge on any atom is 0.246 e. The van der Waals surface area contributed by atoms with E-state index in [1.54, 1.807) is 31.1 Å². The lowest BCUT2D eigenvalue weighted by Crippen LogP contribution is -2.63. The Kier molecular flexibility index (Phi) is 5.46. The molecule has 172 valence electrons. The zero-order valence-corrected chi connectivity index (χ0v) is 19.0. The maximum atomic E-state index is 13.5. The quantitative estimate of drug-likeness (QED) is 0.625. The van der Waals surface area contributed by atoms with Gasteiger partial charge in [0.15, 0.2) is 0 Å². The van der Waals surface area contributed by atoms with Crippen LogP contribution in [0.3, 0.4) is 0 Å². The molecule has 2 aliphatic heterocycles. The summed E-state index contributed by atoms with van der Waals surface area (Å²) in [4.78, 5) is 33.9. The minimum absolute atomic E-state index is 0.0248. The van der Waals surface area contributed by atoms with Crippen molar-refractivity contribution in [2.45, 2.75) is 18.5 Å². The molecule has 33 heavy (non-hydrogen) atoms. The topological polar surface area (TPSA) is 84.1 Å². The van der Waals surface area contributed by atoms with Crippen molar-refractivity contribution < 1.29 is 23.8 Å². The molecule has 8 nitrogen and oxygen atoms in total. The number of benzene rings is 2. The molecule has 1 N–H and O–H groups in total. The first-order valence-corrected chi connectivity index (χ1v) is 11.0. The maximum absolute atomic E-state index is 13.5. The van der Waals surface area contributed by atoms with E-state index >= 15 is 0 Å². The second kappa shape index (κ2) is 8.44. The number of H-pyrrole nitrogens is 1. The van der Waals surface area contributed by atoms with Crippen LogP contribution in [0.5, 0.6) is 11.5 Å². The number of aromatic nitrogens is 1. The first-order chi connectivity index (χ1) is 16.1. The zero-order chi connectivity index (χ0) is 23.1. The minimum atomic E-state index is -0.601. The van der Waals surface area contributed by atoms with Gasteiger partial charge in [0.25, 0.3) is 0 Å². The summed E-state index contributed by atoms with van der Waals surface area (Å²) in [5.41, 5.74) is 3.72. The van der Waals surface area contributed by atoms with E-state index in [2.05, 4.69) is 11.1 Å². The number of nitrogens with zero attached hydrogens (tertiary/aromatic N) is 2. The van der Waals surface area contributed by atoms with Gasteiger partial charge < -0.3 is 29.0 Å². The summed E-state index contributed by atoms with van der Waals surface area (Å²) < 4.78 is 16.3. The van der Waals surface area contributed by atoms with Gasteiger partial charge in [-0.2, -0.15) is 0 Å². The molecule has 2 aliphatic rings. The average Bonchev–Trinajstić information content (AvgIpc) is 3.22. The molecule has 2 atom stereocenters. The number of methoxy groups -OCH3 is 3. The third-order valence-corrected chi connectivity index (χ3v) is 6.64. The van der Waals surface area contributed by atoms with Crippen molar-refractivity contribution in [1.29, 1.82) is 0 Å². The van der Waals surface area contributed by atoms with Crippen LogP contribution in [0.1, 0.15) is 22.9 Å². The smallest absolute Gasteiger partial charge is 0.246 e. The van der Waals surface area contributed by atoms with Gasteiger partial charge in [0.1, 0.15) is 23.6 Å². The molecule has 8 heteroatoms. The van der Waals surface area contributed by atoms with E-state index in [1.165, 1.54) is 0 Å². The Bertz CT molecular complexity index is 1220. The number of ether oxygens (including phenoxy) is 3. The zero-order valence-electron chi connectivity index (χ0n) is 19.0. The number of fused-ring (bicyclic) bond motifs is 4. The van der Waals surface area contributed by atoms with Gasteiger partial charge in [0, 0.05) is 42.2 Å². The molecule has 3 aromatic rings. The molecule has 1 unspecified atom stereocenters. The molecule has 0 bridgehead atoms. The summed E-state index contributed by atoms with van der Waals surface area (Å²) >= 11 is 0. The lowest BCUT2D eigenvalue weighted by atomic mass is 9.85. The van der Waals surface area contributed by atoms with E-state index in [9.17, 15) is 9.59 Å². The number of rotatable bonds is 6. The number of carbonyl (C=O) groups is 2. The fourth-order valence-corrected chi connectivity index (χ4v) is 5.09. The van der Waals surface area contributed by atoms with Crippen molar-refractivity contribution in [2.24, 2.45) is 0 Å². The molecule has 5 rings (SSSR count). The lowest BCUT2D eigenvalue weighted by molar-refractivity contribution is -0.159. The highest BCUT2D eigenvalue weighted by atomic mass is 16.5. The second-order valence-corrected chi connectivity index (χ2v) is 8.35.